The van der Waals surface area contributed by atoms with Gasteiger partial charge in [-0.3, -0.25) is 0 Å². The van der Waals surface area contributed by atoms with Gasteiger partial charge in [0, 0.05) is 0 Å². The SMILES string of the molecule is COc1ccccc1OC1=[C]([Ti+2])CC=C1.[Cl-].[Cl-]. The van der Waals surface area contributed by atoms with Crippen molar-refractivity contribution in [2.45, 2.75) is 6.42 Å². The molecule has 0 radical (unpaired) electrons. The van der Waals surface area contributed by atoms with E-state index in [4.69, 9.17) is 9.47 Å². The molecule has 1 aliphatic carbocycles. The molecule has 2 nitrogen and oxygen atoms in total. The predicted octanol–water partition coefficient (Wildman–Crippen LogP) is -3.20. The number of hydrogen-bond donors (Lipinski definition) is 0. The molecule has 1 aromatic rings. The molecule has 0 fully saturated rings. The number of halogens is 2. The fourth-order valence-electron chi connectivity index (χ4n) is 1.40. The third kappa shape index (κ3) is 4.07. The van der Waals surface area contributed by atoms with Crippen LogP contribution in [0.2, 0.25) is 0 Å². The average Bonchev–Trinajstić information content (AvgIpc) is 2.65. The largest absolute Gasteiger partial charge is 1.00 e. The molecule has 0 spiro atoms. The summed E-state index contributed by atoms with van der Waals surface area (Å²) in [6.45, 7) is 0. The van der Waals surface area contributed by atoms with Gasteiger partial charge in [0.1, 0.15) is 0 Å². The van der Waals surface area contributed by atoms with Crippen LogP contribution < -0.4 is 34.3 Å². The second-order valence-electron chi connectivity index (χ2n) is 3.20. The number of rotatable bonds is 3. The van der Waals surface area contributed by atoms with Crippen LogP contribution >= 0.6 is 0 Å². The molecule has 0 aliphatic heterocycles. The van der Waals surface area contributed by atoms with Crippen molar-refractivity contribution >= 4 is 0 Å². The molecule has 0 saturated carbocycles. The minimum atomic E-state index is 0. The van der Waals surface area contributed by atoms with Crippen LogP contribution in [-0.2, 0) is 20.4 Å². The Morgan fingerprint density at radius 3 is 2.29 bits per heavy atom. The Morgan fingerprint density at radius 2 is 1.76 bits per heavy atom. The van der Waals surface area contributed by atoms with Gasteiger partial charge in [-0.05, 0) is 0 Å². The molecule has 1 aromatic carbocycles. The maximum Gasteiger partial charge on any atom is -1.00 e. The van der Waals surface area contributed by atoms with Gasteiger partial charge in [0.25, 0.3) is 0 Å². The van der Waals surface area contributed by atoms with E-state index in [1.54, 1.807) is 7.11 Å². The standard InChI is InChI=1S/C12H11O2.2ClH.Ti/c1-13-11-8-4-5-9-12(11)14-10-6-2-3-7-10;;;/h2,4-6,8-9H,3H2,1H3;2*1H;/q;;;+2/p-2. The number of para-hydroxylation sites is 2. The molecule has 1 aliphatic rings. The second kappa shape index (κ2) is 7.83. The summed E-state index contributed by atoms with van der Waals surface area (Å²) < 4.78 is 12.2. The van der Waals surface area contributed by atoms with Gasteiger partial charge < -0.3 is 24.8 Å². The summed E-state index contributed by atoms with van der Waals surface area (Å²) in [6, 6.07) is 7.67. The average molecular weight is 306 g/mol. The molecule has 0 amide bonds. The van der Waals surface area contributed by atoms with Crippen LogP contribution in [0.25, 0.3) is 0 Å². The third-order valence-corrected chi connectivity index (χ3v) is 2.88. The van der Waals surface area contributed by atoms with Crippen LogP contribution in [0.5, 0.6) is 11.5 Å². The summed E-state index contributed by atoms with van der Waals surface area (Å²) in [7, 11) is 1.65. The molecule has 0 unspecified atom stereocenters. The van der Waals surface area contributed by atoms with E-state index in [-0.39, 0.29) is 24.8 Å². The van der Waals surface area contributed by atoms with Gasteiger partial charge in [0.2, 0.25) is 0 Å². The number of allylic oxidation sites excluding steroid dienone is 3. The molecule has 2 rings (SSSR count). The second-order valence-corrected chi connectivity index (χ2v) is 4.14. The molecule has 89 valence electrons. The summed E-state index contributed by atoms with van der Waals surface area (Å²) in [5.41, 5.74) is 0. The van der Waals surface area contributed by atoms with Crippen molar-refractivity contribution in [2.24, 2.45) is 0 Å². The quantitative estimate of drug-likeness (QED) is 0.548. The first-order chi connectivity index (χ1) is 7.31. The monoisotopic (exact) mass is 305 g/mol. The molecule has 17 heavy (non-hydrogen) atoms. The Hall–Kier alpha value is -0.406. The van der Waals surface area contributed by atoms with Crippen LogP contribution in [0.1, 0.15) is 6.42 Å². The van der Waals surface area contributed by atoms with E-state index >= 15 is 0 Å². The smallest absolute Gasteiger partial charge is 1.00 e. The number of methoxy groups -OCH3 is 1. The van der Waals surface area contributed by atoms with Gasteiger partial charge in [-0.1, -0.05) is 0 Å². The summed E-state index contributed by atoms with van der Waals surface area (Å²) in [6.07, 6.45) is 5.08. The molecule has 0 aromatic heterocycles. The number of benzene rings is 1. The first-order valence-corrected chi connectivity index (χ1v) is 5.51. The van der Waals surface area contributed by atoms with Crippen molar-refractivity contribution in [3.63, 3.8) is 0 Å². The Morgan fingerprint density at radius 1 is 1.12 bits per heavy atom. The fraction of sp³-hybridized carbons (Fsp3) is 0.167. The van der Waals surface area contributed by atoms with E-state index in [1.807, 2.05) is 30.3 Å². The first-order valence-electron chi connectivity index (χ1n) is 4.73. The Labute approximate surface area is 125 Å². The summed E-state index contributed by atoms with van der Waals surface area (Å²) in [5, 5.41) is 0. The van der Waals surface area contributed by atoms with Gasteiger partial charge in [-0.15, -0.1) is 0 Å². The maximum atomic E-state index is 5.78. The normalized spacial score (nSPS) is 12.9. The van der Waals surface area contributed by atoms with E-state index in [0.29, 0.717) is 0 Å². The van der Waals surface area contributed by atoms with E-state index in [2.05, 4.69) is 26.5 Å². The van der Waals surface area contributed by atoms with Crippen molar-refractivity contribution in [1.82, 2.24) is 0 Å². The van der Waals surface area contributed by atoms with Crippen LogP contribution in [-0.4, -0.2) is 7.11 Å². The molecule has 5 heteroatoms. The minimum absolute atomic E-state index is 0. The zero-order valence-electron chi connectivity index (χ0n) is 9.24. The van der Waals surface area contributed by atoms with Crippen molar-refractivity contribution in [2.75, 3.05) is 7.11 Å². The molecule has 0 N–H and O–H groups in total. The summed E-state index contributed by atoms with van der Waals surface area (Å²) >= 11 is 2.07. The van der Waals surface area contributed by atoms with Crippen LogP contribution in [0.3, 0.4) is 0 Å². The predicted molar refractivity (Wildman–Crippen MR) is 54.4 cm³/mol. The van der Waals surface area contributed by atoms with E-state index in [1.165, 1.54) is 3.88 Å². The summed E-state index contributed by atoms with van der Waals surface area (Å²) in [5.74, 6) is 2.46. The number of hydrogen-bond acceptors (Lipinski definition) is 2. The van der Waals surface area contributed by atoms with Crippen LogP contribution in [0, 0.1) is 0 Å². The molecule has 0 saturated heterocycles. The Kier molecular flexibility index (Phi) is 7.64. The molecule has 0 bridgehead atoms. The van der Waals surface area contributed by atoms with E-state index < -0.39 is 0 Å². The van der Waals surface area contributed by atoms with E-state index in [0.717, 1.165) is 23.7 Å². The maximum absolute atomic E-state index is 5.78. The molecule has 0 heterocycles. The third-order valence-electron chi connectivity index (χ3n) is 2.18. The van der Waals surface area contributed by atoms with Gasteiger partial charge in [0.15, 0.2) is 0 Å². The topological polar surface area (TPSA) is 18.5 Å². The van der Waals surface area contributed by atoms with Crippen molar-refractivity contribution in [1.29, 1.82) is 0 Å². The zero-order valence-corrected chi connectivity index (χ0v) is 12.3. The minimum Gasteiger partial charge on any atom is -1.00 e. The first kappa shape index (κ1) is 16.6. The van der Waals surface area contributed by atoms with E-state index in [9.17, 15) is 0 Å². The molecule has 0 atom stereocenters. The van der Waals surface area contributed by atoms with Gasteiger partial charge in [-0.25, -0.2) is 0 Å². The number of ether oxygens (including phenoxy) is 2. The van der Waals surface area contributed by atoms with Crippen molar-refractivity contribution in [3.8, 4) is 11.5 Å². The van der Waals surface area contributed by atoms with Gasteiger partial charge in [-0.2, -0.15) is 0 Å². The Balaban J connectivity index is 0.00000128. The van der Waals surface area contributed by atoms with Crippen LogP contribution in [0.15, 0.2) is 46.1 Å². The van der Waals surface area contributed by atoms with Crippen LogP contribution in [0.4, 0.5) is 0 Å². The van der Waals surface area contributed by atoms with Gasteiger partial charge in [0.05, 0.1) is 0 Å². The van der Waals surface area contributed by atoms with Crippen molar-refractivity contribution < 1.29 is 54.7 Å². The van der Waals surface area contributed by atoms with Crippen molar-refractivity contribution in [3.05, 3.63) is 46.1 Å². The van der Waals surface area contributed by atoms with Gasteiger partial charge >= 0.3 is 101 Å². The Bertz CT molecular complexity index is 430. The molecular weight excluding hydrogens is 295 g/mol. The zero-order chi connectivity index (χ0) is 10.7. The summed E-state index contributed by atoms with van der Waals surface area (Å²) in [4.78, 5) is 0. The molecular formula is C12H11Cl2O2Ti. The fourth-order valence-corrected chi connectivity index (χ4v) is 1.80.